The highest BCUT2D eigenvalue weighted by molar-refractivity contribution is 5.56. The molecule has 1 heterocycles. The molecule has 0 spiro atoms. The molecule has 0 unspecified atom stereocenters. The third kappa shape index (κ3) is 3.00. The lowest BCUT2D eigenvalue weighted by atomic mass is 10.1. The maximum atomic E-state index is 4.50. The Balaban J connectivity index is 2.24. The Kier molecular flexibility index (Phi) is 4.19. The van der Waals surface area contributed by atoms with Crippen molar-refractivity contribution in [2.24, 2.45) is 5.92 Å². The highest BCUT2D eigenvalue weighted by Crippen LogP contribution is 2.20. The average Bonchev–Trinajstić information content (AvgIpc) is 2.84. The van der Waals surface area contributed by atoms with Gasteiger partial charge in [-0.3, -0.25) is 0 Å². The van der Waals surface area contributed by atoms with Crippen LogP contribution in [0.4, 0.5) is 0 Å². The van der Waals surface area contributed by atoms with Crippen LogP contribution in [0.25, 0.3) is 11.4 Å². The van der Waals surface area contributed by atoms with Crippen LogP contribution in [-0.2, 0) is 13.0 Å². The minimum absolute atomic E-state index is 0.724. The summed E-state index contributed by atoms with van der Waals surface area (Å²) in [6, 6.07) is 8.68. The van der Waals surface area contributed by atoms with E-state index >= 15 is 0 Å². The number of aromatic nitrogens is 2. The van der Waals surface area contributed by atoms with E-state index in [2.05, 4.69) is 60.8 Å². The van der Waals surface area contributed by atoms with E-state index in [1.165, 1.54) is 17.5 Å². The van der Waals surface area contributed by atoms with E-state index in [1.807, 2.05) is 6.20 Å². The number of hydrogen-bond acceptors (Lipinski definition) is 1. The SMILES string of the molecule is CCc1cccc(-c2nccn2CCC(C)C)c1. The maximum absolute atomic E-state index is 4.50. The zero-order chi connectivity index (χ0) is 13.0. The summed E-state index contributed by atoms with van der Waals surface area (Å²) in [7, 11) is 0. The molecule has 2 nitrogen and oxygen atoms in total. The van der Waals surface area contributed by atoms with Gasteiger partial charge in [-0.05, 0) is 30.4 Å². The van der Waals surface area contributed by atoms with Crippen molar-refractivity contribution in [3.05, 3.63) is 42.2 Å². The fourth-order valence-corrected chi connectivity index (χ4v) is 2.08. The molecule has 2 heteroatoms. The van der Waals surface area contributed by atoms with Crippen LogP contribution in [0.2, 0.25) is 0 Å². The second kappa shape index (κ2) is 5.85. The third-order valence-electron chi connectivity index (χ3n) is 3.26. The lowest BCUT2D eigenvalue weighted by molar-refractivity contribution is 0.519. The van der Waals surface area contributed by atoms with Gasteiger partial charge in [0.2, 0.25) is 0 Å². The average molecular weight is 242 g/mol. The van der Waals surface area contributed by atoms with Crippen molar-refractivity contribution in [1.82, 2.24) is 9.55 Å². The second-order valence-electron chi connectivity index (χ2n) is 5.18. The fraction of sp³-hybridized carbons (Fsp3) is 0.438. The van der Waals surface area contributed by atoms with Gasteiger partial charge in [-0.25, -0.2) is 4.98 Å². The normalized spacial score (nSPS) is 11.1. The van der Waals surface area contributed by atoms with Crippen LogP contribution in [0.1, 0.15) is 32.8 Å². The van der Waals surface area contributed by atoms with E-state index in [-0.39, 0.29) is 0 Å². The molecule has 0 saturated carbocycles. The van der Waals surface area contributed by atoms with Crippen LogP contribution in [0.15, 0.2) is 36.7 Å². The predicted octanol–water partition coefficient (Wildman–Crippen LogP) is 4.16. The summed E-state index contributed by atoms with van der Waals surface area (Å²) in [5.41, 5.74) is 2.59. The van der Waals surface area contributed by atoms with Gasteiger partial charge in [0, 0.05) is 24.5 Å². The number of benzene rings is 1. The van der Waals surface area contributed by atoms with Crippen LogP contribution in [0, 0.1) is 5.92 Å². The Hall–Kier alpha value is -1.57. The standard InChI is InChI=1S/C16H22N2/c1-4-14-6-5-7-15(12-14)16-17-9-11-18(16)10-8-13(2)3/h5-7,9,11-13H,4,8,10H2,1-3H3. The Morgan fingerprint density at radius 1 is 1.28 bits per heavy atom. The molecule has 96 valence electrons. The zero-order valence-electron chi connectivity index (χ0n) is 11.6. The molecule has 0 radical (unpaired) electrons. The predicted molar refractivity (Wildman–Crippen MR) is 76.5 cm³/mol. The number of aryl methyl sites for hydroxylation is 2. The van der Waals surface area contributed by atoms with Gasteiger partial charge in [0.15, 0.2) is 0 Å². The van der Waals surface area contributed by atoms with Crippen LogP contribution >= 0.6 is 0 Å². The van der Waals surface area contributed by atoms with E-state index in [9.17, 15) is 0 Å². The Morgan fingerprint density at radius 3 is 2.83 bits per heavy atom. The molecule has 0 N–H and O–H groups in total. The van der Waals surface area contributed by atoms with Crippen molar-refractivity contribution in [1.29, 1.82) is 0 Å². The molecule has 2 rings (SSSR count). The van der Waals surface area contributed by atoms with Gasteiger partial charge in [-0.2, -0.15) is 0 Å². The molecule has 0 aliphatic rings. The van der Waals surface area contributed by atoms with E-state index in [0.29, 0.717) is 0 Å². The molecule has 0 fully saturated rings. The van der Waals surface area contributed by atoms with E-state index in [1.54, 1.807) is 0 Å². The molecule has 0 aliphatic carbocycles. The van der Waals surface area contributed by atoms with E-state index in [4.69, 9.17) is 0 Å². The minimum Gasteiger partial charge on any atom is -0.331 e. The molecule has 0 atom stereocenters. The Morgan fingerprint density at radius 2 is 2.11 bits per heavy atom. The first-order valence-corrected chi connectivity index (χ1v) is 6.81. The van der Waals surface area contributed by atoms with Crippen molar-refractivity contribution >= 4 is 0 Å². The van der Waals surface area contributed by atoms with Gasteiger partial charge in [0.1, 0.15) is 5.82 Å². The summed E-state index contributed by atoms with van der Waals surface area (Å²) in [6.45, 7) is 7.75. The molecular weight excluding hydrogens is 220 g/mol. The quantitative estimate of drug-likeness (QED) is 0.770. The van der Waals surface area contributed by atoms with Crippen molar-refractivity contribution in [2.45, 2.75) is 40.2 Å². The largest absolute Gasteiger partial charge is 0.331 e. The molecule has 1 aromatic heterocycles. The van der Waals surface area contributed by atoms with E-state index < -0.39 is 0 Å². The molecule has 0 amide bonds. The Bertz CT molecular complexity index is 497. The summed E-state index contributed by atoms with van der Waals surface area (Å²) in [6.07, 6.45) is 6.24. The summed E-state index contributed by atoms with van der Waals surface area (Å²) in [5.74, 6) is 1.81. The highest BCUT2D eigenvalue weighted by Gasteiger charge is 2.06. The smallest absolute Gasteiger partial charge is 0.139 e. The minimum atomic E-state index is 0.724. The fourth-order valence-electron chi connectivity index (χ4n) is 2.08. The van der Waals surface area contributed by atoms with Crippen molar-refractivity contribution in [3.8, 4) is 11.4 Å². The van der Waals surface area contributed by atoms with Crippen molar-refractivity contribution in [3.63, 3.8) is 0 Å². The summed E-state index contributed by atoms with van der Waals surface area (Å²) < 4.78 is 2.26. The van der Waals surface area contributed by atoms with Crippen LogP contribution in [0.5, 0.6) is 0 Å². The molecule has 18 heavy (non-hydrogen) atoms. The highest BCUT2D eigenvalue weighted by atomic mass is 15.1. The second-order valence-corrected chi connectivity index (χ2v) is 5.18. The van der Waals surface area contributed by atoms with Gasteiger partial charge >= 0.3 is 0 Å². The lowest BCUT2D eigenvalue weighted by Crippen LogP contribution is -2.02. The van der Waals surface area contributed by atoms with Gasteiger partial charge in [-0.1, -0.05) is 39.0 Å². The monoisotopic (exact) mass is 242 g/mol. The number of nitrogens with zero attached hydrogens (tertiary/aromatic N) is 2. The van der Waals surface area contributed by atoms with Gasteiger partial charge < -0.3 is 4.57 Å². The molecule has 2 aromatic rings. The summed E-state index contributed by atoms with van der Waals surface area (Å²) >= 11 is 0. The molecule has 0 aliphatic heterocycles. The van der Waals surface area contributed by atoms with Crippen molar-refractivity contribution < 1.29 is 0 Å². The van der Waals surface area contributed by atoms with Crippen LogP contribution in [0.3, 0.4) is 0 Å². The number of rotatable bonds is 5. The Labute approximate surface area is 110 Å². The topological polar surface area (TPSA) is 17.8 Å². The van der Waals surface area contributed by atoms with Crippen LogP contribution < -0.4 is 0 Å². The molecule has 1 aromatic carbocycles. The van der Waals surface area contributed by atoms with E-state index in [0.717, 1.165) is 24.7 Å². The van der Waals surface area contributed by atoms with Gasteiger partial charge in [0.25, 0.3) is 0 Å². The number of hydrogen-bond donors (Lipinski definition) is 0. The van der Waals surface area contributed by atoms with Crippen molar-refractivity contribution in [2.75, 3.05) is 0 Å². The van der Waals surface area contributed by atoms with Gasteiger partial charge in [0.05, 0.1) is 0 Å². The molecule has 0 saturated heterocycles. The zero-order valence-corrected chi connectivity index (χ0v) is 11.6. The first-order valence-electron chi connectivity index (χ1n) is 6.81. The van der Waals surface area contributed by atoms with Crippen LogP contribution in [-0.4, -0.2) is 9.55 Å². The van der Waals surface area contributed by atoms with Gasteiger partial charge in [-0.15, -0.1) is 0 Å². The molecular formula is C16H22N2. The maximum Gasteiger partial charge on any atom is 0.139 e. The third-order valence-corrected chi connectivity index (χ3v) is 3.26. The first-order chi connectivity index (χ1) is 8.70. The molecule has 0 bridgehead atoms. The summed E-state index contributed by atoms with van der Waals surface area (Å²) in [5, 5.41) is 0. The first kappa shape index (κ1) is 12.9. The summed E-state index contributed by atoms with van der Waals surface area (Å²) in [4.78, 5) is 4.50. The number of imidazole rings is 1. The lowest BCUT2D eigenvalue weighted by Gasteiger charge is -2.10.